The van der Waals surface area contributed by atoms with Crippen LogP contribution in [-0.4, -0.2) is 43.3 Å². The van der Waals surface area contributed by atoms with Gasteiger partial charge in [-0.1, -0.05) is 6.07 Å². The molecule has 0 amide bonds. The number of anilines is 2. The molecule has 2 aromatic carbocycles. The number of alkyl halides is 3. The fraction of sp³-hybridized carbons (Fsp3) is 0.318. The number of nitrogens with one attached hydrogen (secondary N) is 2. The van der Waals surface area contributed by atoms with E-state index in [2.05, 4.69) is 20.4 Å². The first-order chi connectivity index (χ1) is 14.8. The van der Waals surface area contributed by atoms with Crippen molar-refractivity contribution < 1.29 is 27.8 Å². The van der Waals surface area contributed by atoms with Gasteiger partial charge in [0.2, 0.25) is 0 Å². The summed E-state index contributed by atoms with van der Waals surface area (Å²) in [6.07, 6.45) is -4.19. The first-order valence-electron chi connectivity index (χ1n) is 9.81. The first-order valence-corrected chi connectivity index (χ1v) is 9.81. The lowest BCUT2D eigenvalue weighted by Gasteiger charge is -2.19. The van der Waals surface area contributed by atoms with E-state index in [1.807, 2.05) is 25.1 Å². The lowest BCUT2D eigenvalue weighted by molar-refractivity contribution is -0.274. The number of benzene rings is 2. The molecule has 9 heteroatoms. The van der Waals surface area contributed by atoms with Crippen LogP contribution in [0.15, 0.2) is 30.3 Å². The highest BCUT2D eigenvalue weighted by atomic mass is 19.4. The molecule has 0 bridgehead atoms. The van der Waals surface area contributed by atoms with Crippen LogP contribution in [0.25, 0.3) is 22.0 Å². The Morgan fingerprint density at radius 1 is 1.19 bits per heavy atom. The zero-order valence-electron chi connectivity index (χ0n) is 17.1. The molecule has 0 radical (unpaired) electrons. The Morgan fingerprint density at radius 3 is 2.65 bits per heavy atom. The van der Waals surface area contributed by atoms with Crippen molar-refractivity contribution in [3.05, 3.63) is 41.5 Å². The van der Waals surface area contributed by atoms with Crippen molar-refractivity contribution in [3.8, 4) is 22.6 Å². The number of ether oxygens (including phenoxy) is 2. The van der Waals surface area contributed by atoms with Crippen LogP contribution in [0.5, 0.6) is 11.5 Å². The number of methoxy groups -OCH3 is 1. The maximum Gasteiger partial charge on any atom is 0.573 e. The summed E-state index contributed by atoms with van der Waals surface area (Å²) in [4.78, 5) is 4.51. The predicted octanol–water partition coefficient (Wildman–Crippen LogP) is 4.49. The number of aliphatic hydroxyl groups is 1. The number of hydrogen-bond acceptors (Lipinski definition) is 6. The minimum absolute atomic E-state index is 0.0960. The molecule has 3 N–H and O–H groups in total. The first kappa shape index (κ1) is 21.0. The van der Waals surface area contributed by atoms with Crippen LogP contribution in [0.3, 0.4) is 0 Å². The Labute approximate surface area is 177 Å². The minimum Gasteiger partial charge on any atom is -0.497 e. The number of aromatic nitrogens is 1. The molecule has 0 aliphatic carbocycles. The van der Waals surface area contributed by atoms with Gasteiger partial charge in [-0.15, -0.1) is 13.2 Å². The van der Waals surface area contributed by atoms with E-state index >= 15 is 0 Å². The number of hydrogen-bond donors (Lipinski definition) is 3. The highest BCUT2D eigenvalue weighted by molar-refractivity contribution is 6.08. The number of halogens is 3. The standard InChI is InChI=1S/C22H22F3N3O3/c1-12-11-13(30-2)3-4-14(12)15-5-6-17(31-22(23,24)25)20-18(15)19-16(7-8-26-19)21(28-20)27-9-10-29/h3-6,11,26,29H,7-10H2,1-2H3,(H,27,28). The number of fused-ring (bicyclic) bond motifs is 3. The Bertz CT molecular complexity index is 1130. The Balaban J connectivity index is 2.01. The maximum absolute atomic E-state index is 13.1. The summed E-state index contributed by atoms with van der Waals surface area (Å²) in [5.41, 5.74) is 4.22. The van der Waals surface area contributed by atoms with E-state index in [4.69, 9.17) is 4.74 Å². The number of aliphatic hydroxyl groups excluding tert-OH is 1. The van der Waals surface area contributed by atoms with Gasteiger partial charge in [-0.05, 0) is 54.3 Å². The quantitative estimate of drug-likeness (QED) is 0.532. The van der Waals surface area contributed by atoms with E-state index in [9.17, 15) is 18.3 Å². The highest BCUT2D eigenvalue weighted by Crippen LogP contribution is 2.45. The molecule has 6 nitrogen and oxygen atoms in total. The smallest absolute Gasteiger partial charge is 0.497 e. The monoisotopic (exact) mass is 433 g/mol. The molecule has 2 heterocycles. The topological polar surface area (TPSA) is 75.6 Å². The van der Waals surface area contributed by atoms with Crippen LogP contribution in [0.4, 0.5) is 24.7 Å². The molecule has 0 saturated carbocycles. The third kappa shape index (κ3) is 4.05. The molecule has 0 saturated heterocycles. The van der Waals surface area contributed by atoms with Gasteiger partial charge in [0.15, 0.2) is 5.75 Å². The van der Waals surface area contributed by atoms with Crippen molar-refractivity contribution in [1.82, 2.24) is 4.98 Å². The second kappa shape index (κ2) is 8.14. The SMILES string of the molecule is COc1ccc(-c2ccc(OC(F)(F)F)c3nc(NCCO)c4c(c23)NCC4)c(C)c1. The van der Waals surface area contributed by atoms with Crippen molar-refractivity contribution in [2.45, 2.75) is 19.7 Å². The molecule has 4 rings (SSSR count). The molecule has 3 aromatic rings. The summed E-state index contributed by atoms with van der Waals surface area (Å²) in [7, 11) is 1.58. The second-order valence-corrected chi connectivity index (χ2v) is 7.20. The van der Waals surface area contributed by atoms with Gasteiger partial charge in [0.05, 0.1) is 19.4 Å². The Morgan fingerprint density at radius 2 is 1.97 bits per heavy atom. The molecule has 1 aliphatic rings. The van der Waals surface area contributed by atoms with Crippen LogP contribution >= 0.6 is 0 Å². The van der Waals surface area contributed by atoms with Crippen molar-refractivity contribution in [2.24, 2.45) is 0 Å². The van der Waals surface area contributed by atoms with Crippen LogP contribution in [0.2, 0.25) is 0 Å². The van der Waals surface area contributed by atoms with Crippen molar-refractivity contribution >= 4 is 22.4 Å². The van der Waals surface area contributed by atoms with E-state index in [-0.39, 0.29) is 24.4 Å². The average Bonchev–Trinajstić information content (AvgIpc) is 3.21. The summed E-state index contributed by atoms with van der Waals surface area (Å²) < 4.78 is 48.8. The normalized spacial score (nSPS) is 13.1. The Hall–Kier alpha value is -3.20. The number of rotatable bonds is 6. The molecular weight excluding hydrogens is 411 g/mol. The van der Waals surface area contributed by atoms with Crippen molar-refractivity contribution in [2.75, 3.05) is 37.4 Å². The molecule has 164 valence electrons. The third-order valence-electron chi connectivity index (χ3n) is 5.23. The summed E-state index contributed by atoms with van der Waals surface area (Å²) >= 11 is 0. The minimum atomic E-state index is -4.85. The van der Waals surface area contributed by atoms with Crippen LogP contribution < -0.4 is 20.1 Å². The predicted molar refractivity (Wildman–Crippen MR) is 113 cm³/mol. The molecular formula is C22H22F3N3O3. The summed E-state index contributed by atoms with van der Waals surface area (Å²) in [5, 5.41) is 16.0. The van der Waals surface area contributed by atoms with Crippen molar-refractivity contribution in [1.29, 1.82) is 0 Å². The van der Waals surface area contributed by atoms with Crippen LogP contribution in [-0.2, 0) is 6.42 Å². The zero-order chi connectivity index (χ0) is 22.2. The number of nitrogens with zero attached hydrogens (tertiary/aromatic N) is 1. The van der Waals surface area contributed by atoms with Gasteiger partial charge in [0.25, 0.3) is 0 Å². The summed E-state index contributed by atoms with van der Waals surface area (Å²) in [6, 6.07) is 8.48. The fourth-order valence-electron chi connectivity index (χ4n) is 3.95. The van der Waals surface area contributed by atoms with E-state index in [1.165, 1.54) is 6.07 Å². The molecule has 0 spiro atoms. The van der Waals surface area contributed by atoms with Crippen molar-refractivity contribution in [3.63, 3.8) is 0 Å². The van der Waals surface area contributed by atoms with Gasteiger partial charge in [-0.3, -0.25) is 0 Å². The van der Waals surface area contributed by atoms with E-state index in [1.54, 1.807) is 13.2 Å². The number of aryl methyl sites for hydroxylation is 1. The van der Waals surface area contributed by atoms with E-state index < -0.39 is 6.36 Å². The molecule has 0 unspecified atom stereocenters. The third-order valence-corrected chi connectivity index (χ3v) is 5.23. The summed E-state index contributed by atoms with van der Waals surface area (Å²) in [5.74, 6) is 0.762. The lowest BCUT2D eigenvalue weighted by Crippen LogP contribution is -2.18. The highest BCUT2D eigenvalue weighted by Gasteiger charge is 2.33. The number of pyridine rings is 1. The average molecular weight is 433 g/mol. The molecule has 0 atom stereocenters. The largest absolute Gasteiger partial charge is 0.573 e. The van der Waals surface area contributed by atoms with Gasteiger partial charge < -0.3 is 25.2 Å². The zero-order valence-corrected chi connectivity index (χ0v) is 17.1. The van der Waals surface area contributed by atoms with Gasteiger partial charge in [0.1, 0.15) is 17.1 Å². The van der Waals surface area contributed by atoms with Gasteiger partial charge in [-0.2, -0.15) is 0 Å². The second-order valence-electron chi connectivity index (χ2n) is 7.20. The van der Waals surface area contributed by atoms with Crippen LogP contribution in [0.1, 0.15) is 11.1 Å². The molecule has 1 aromatic heterocycles. The van der Waals surface area contributed by atoms with Gasteiger partial charge >= 0.3 is 6.36 Å². The Kier molecular flexibility index (Phi) is 5.53. The molecule has 1 aliphatic heterocycles. The van der Waals surface area contributed by atoms with Gasteiger partial charge in [-0.25, -0.2) is 4.98 Å². The lowest BCUT2D eigenvalue weighted by atomic mass is 9.94. The maximum atomic E-state index is 13.1. The van der Waals surface area contributed by atoms with Crippen LogP contribution in [0, 0.1) is 6.92 Å². The van der Waals surface area contributed by atoms with E-state index in [0.29, 0.717) is 29.9 Å². The fourth-order valence-corrected chi connectivity index (χ4v) is 3.95. The molecule has 31 heavy (non-hydrogen) atoms. The summed E-state index contributed by atoms with van der Waals surface area (Å²) in [6.45, 7) is 2.66. The molecule has 0 fully saturated rings. The van der Waals surface area contributed by atoms with E-state index in [0.717, 1.165) is 27.9 Å². The van der Waals surface area contributed by atoms with Gasteiger partial charge in [0, 0.05) is 24.0 Å².